The summed E-state index contributed by atoms with van der Waals surface area (Å²) >= 11 is 3.45. The fraction of sp³-hybridized carbons (Fsp3) is 0.238. The normalized spacial score (nSPS) is 10.7. The molecule has 0 bridgehead atoms. The minimum atomic E-state index is -0.207. The van der Waals surface area contributed by atoms with Gasteiger partial charge in [0.2, 0.25) is 5.88 Å². The van der Waals surface area contributed by atoms with E-state index in [-0.39, 0.29) is 5.91 Å². The van der Waals surface area contributed by atoms with Gasteiger partial charge in [-0.2, -0.15) is 0 Å². The molecule has 0 unspecified atom stereocenters. The van der Waals surface area contributed by atoms with Crippen molar-refractivity contribution < 1.29 is 14.3 Å². The number of carbonyl (C=O) groups excluding carboxylic acids is 1. The van der Waals surface area contributed by atoms with Crippen LogP contribution in [0.4, 0.5) is 5.69 Å². The van der Waals surface area contributed by atoms with Crippen molar-refractivity contribution in [3.8, 4) is 11.6 Å². The Morgan fingerprint density at radius 3 is 2.64 bits per heavy atom. The number of methoxy groups -OCH3 is 1. The number of hydrogen-bond donors (Lipinski definition) is 1. The van der Waals surface area contributed by atoms with E-state index in [1.165, 1.54) is 0 Å². The van der Waals surface area contributed by atoms with Gasteiger partial charge in [-0.1, -0.05) is 15.9 Å². The van der Waals surface area contributed by atoms with E-state index < -0.39 is 0 Å². The number of amides is 1. The third-order valence-corrected chi connectivity index (χ3v) is 4.83. The van der Waals surface area contributed by atoms with Gasteiger partial charge in [0, 0.05) is 34.9 Å². The second-order valence-electron chi connectivity index (χ2n) is 6.25. The van der Waals surface area contributed by atoms with E-state index in [0.29, 0.717) is 30.3 Å². The fourth-order valence-corrected chi connectivity index (χ4v) is 3.26. The highest BCUT2D eigenvalue weighted by molar-refractivity contribution is 9.10. The van der Waals surface area contributed by atoms with Crippen molar-refractivity contribution in [3.05, 3.63) is 70.1 Å². The molecule has 1 aromatic carbocycles. The molecule has 0 atom stereocenters. The van der Waals surface area contributed by atoms with Gasteiger partial charge in [-0.05, 0) is 56.3 Å². The highest BCUT2D eigenvalue weighted by atomic mass is 79.9. The van der Waals surface area contributed by atoms with Gasteiger partial charge in [-0.15, -0.1) is 0 Å². The summed E-state index contributed by atoms with van der Waals surface area (Å²) in [6.45, 7) is 4.71. The number of ether oxygens (including phenoxy) is 2. The van der Waals surface area contributed by atoms with Crippen molar-refractivity contribution in [1.29, 1.82) is 0 Å². The molecule has 1 N–H and O–H groups in total. The maximum Gasteiger partial charge on any atom is 0.257 e. The van der Waals surface area contributed by atoms with E-state index in [9.17, 15) is 4.79 Å². The predicted molar refractivity (Wildman–Crippen MR) is 113 cm³/mol. The van der Waals surface area contributed by atoms with Gasteiger partial charge in [0.15, 0.2) is 0 Å². The summed E-state index contributed by atoms with van der Waals surface area (Å²) in [7, 11) is 1.60. The first-order chi connectivity index (χ1) is 13.5. The molecule has 7 heteroatoms. The SMILES string of the molecule is COCCOc1ncccc1NC(=O)c1cc(C)n(-c2ccc(Br)cc2)c1C. The topological polar surface area (TPSA) is 65.4 Å². The minimum absolute atomic E-state index is 0.207. The van der Waals surface area contributed by atoms with Crippen LogP contribution in [0, 0.1) is 13.8 Å². The summed E-state index contributed by atoms with van der Waals surface area (Å²) in [5.41, 5.74) is 3.97. The van der Waals surface area contributed by atoms with E-state index in [1.54, 1.807) is 25.4 Å². The Hall–Kier alpha value is -2.64. The zero-order valence-electron chi connectivity index (χ0n) is 16.0. The number of halogens is 1. The van der Waals surface area contributed by atoms with Crippen molar-refractivity contribution >= 4 is 27.5 Å². The van der Waals surface area contributed by atoms with Crippen LogP contribution < -0.4 is 10.1 Å². The molecule has 0 saturated heterocycles. The van der Waals surface area contributed by atoms with Crippen LogP contribution in [0.1, 0.15) is 21.7 Å². The smallest absolute Gasteiger partial charge is 0.257 e. The highest BCUT2D eigenvalue weighted by Crippen LogP contribution is 2.25. The number of nitrogens with one attached hydrogen (secondary N) is 1. The monoisotopic (exact) mass is 443 g/mol. The first-order valence-electron chi connectivity index (χ1n) is 8.84. The Labute approximate surface area is 172 Å². The van der Waals surface area contributed by atoms with Crippen molar-refractivity contribution in [2.75, 3.05) is 25.6 Å². The van der Waals surface area contributed by atoms with E-state index in [0.717, 1.165) is 21.5 Å². The van der Waals surface area contributed by atoms with Gasteiger partial charge in [0.1, 0.15) is 12.3 Å². The molecule has 3 rings (SSSR count). The third-order valence-electron chi connectivity index (χ3n) is 4.31. The molecule has 2 heterocycles. The number of benzene rings is 1. The molecular formula is C21H22BrN3O3. The zero-order valence-corrected chi connectivity index (χ0v) is 17.6. The van der Waals surface area contributed by atoms with Crippen molar-refractivity contribution in [3.63, 3.8) is 0 Å². The molecule has 0 aliphatic carbocycles. The fourth-order valence-electron chi connectivity index (χ4n) is 2.99. The van der Waals surface area contributed by atoms with Crippen LogP contribution in [-0.4, -0.2) is 35.8 Å². The van der Waals surface area contributed by atoms with Crippen LogP contribution >= 0.6 is 15.9 Å². The zero-order chi connectivity index (χ0) is 20.1. The van der Waals surface area contributed by atoms with Gasteiger partial charge >= 0.3 is 0 Å². The molecule has 0 saturated carbocycles. The quantitative estimate of drug-likeness (QED) is 0.544. The molecule has 1 amide bonds. The average Bonchev–Trinajstić information content (AvgIpc) is 2.98. The molecule has 6 nitrogen and oxygen atoms in total. The molecule has 28 heavy (non-hydrogen) atoms. The van der Waals surface area contributed by atoms with Gasteiger partial charge in [-0.25, -0.2) is 4.98 Å². The van der Waals surface area contributed by atoms with Crippen LogP contribution in [0.15, 0.2) is 53.1 Å². The second-order valence-corrected chi connectivity index (χ2v) is 7.16. The summed E-state index contributed by atoms with van der Waals surface area (Å²) in [5, 5.41) is 2.91. The Kier molecular flexibility index (Phi) is 6.49. The molecular weight excluding hydrogens is 422 g/mol. The maximum atomic E-state index is 12.9. The lowest BCUT2D eigenvalue weighted by Crippen LogP contribution is -2.15. The number of aromatic nitrogens is 2. The van der Waals surface area contributed by atoms with Crippen LogP contribution in [0.3, 0.4) is 0 Å². The number of carbonyl (C=O) groups is 1. The number of hydrogen-bond acceptors (Lipinski definition) is 4. The Balaban J connectivity index is 1.85. The largest absolute Gasteiger partial charge is 0.474 e. The molecule has 2 aromatic heterocycles. The second kappa shape index (κ2) is 9.03. The van der Waals surface area contributed by atoms with E-state index in [1.807, 2.05) is 44.2 Å². The van der Waals surface area contributed by atoms with E-state index in [4.69, 9.17) is 9.47 Å². The average molecular weight is 444 g/mol. The Bertz CT molecular complexity index is 968. The van der Waals surface area contributed by atoms with Gasteiger partial charge in [-0.3, -0.25) is 4.79 Å². The number of nitrogens with zero attached hydrogens (tertiary/aromatic N) is 2. The summed E-state index contributed by atoms with van der Waals surface area (Å²) in [4.78, 5) is 17.1. The molecule has 0 fully saturated rings. The molecule has 0 aliphatic heterocycles. The lowest BCUT2D eigenvalue weighted by Gasteiger charge is -2.12. The van der Waals surface area contributed by atoms with Crippen LogP contribution in [0.2, 0.25) is 0 Å². The van der Waals surface area contributed by atoms with Gasteiger partial charge in [0.05, 0.1) is 12.2 Å². The van der Waals surface area contributed by atoms with Crippen LogP contribution in [0.25, 0.3) is 5.69 Å². The van der Waals surface area contributed by atoms with Crippen molar-refractivity contribution in [2.45, 2.75) is 13.8 Å². The van der Waals surface area contributed by atoms with Gasteiger partial charge < -0.3 is 19.4 Å². The van der Waals surface area contributed by atoms with Crippen molar-refractivity contribution in [1.82, 2.24) is 9.55 Å². The molecule has 0 radical (unpaired) electrons. The third kappa shape index (κ3) is 4.43. The maximum absolute atomic E-state index is 12.9. The lowest BCUT2D eigenvalue weighted by molar-refractivity contribution is 0.102. The molecule has 0 aliphatic rings. The summed E-state index contributed by atoms with van der Waals surface area (Å²) in [5.74, 6) is 0.163. The first kappa shape index (κ1) is 20.1. The minimum Gasteiger partial charge on any atom is -0.474 e. The number of pyridine rings is 1. The Morgan fingerprint density at radius 1 is 1.18 bits per heavy atom. The Morgan fingerprint density at radius 2 is 1.93 bits per heavy atom. The standard InChI is InChI=1S/C21H22BrN3O3/c1-14-13-18(15(2)25(14)17-8-6-16(22)7-9-17)20(26)24-19-5-4-10-23-21(19)28-12-11-27-3/h4-10,13H,11-12H2,1-3H3,(H,24,26). The van der Waals surface area contributed by atoms with Crippen LogP contribution in [0.5, 0.6) is 5.88 Å². The van der Waals surface area contributed by atoms with Gasteiger partial charge in [0.25, 0.3) is 5.91 Å². The number of rotatable bonds is 7. The first-order valence-corrected chi connectivity index (χ1v) is 9.63. The molecule has 3 aromatic rings. The van der Waals surface area contributed by atoms with Crippen molar-refractivity contribution in [2.24, 2.45) is 0 Å². The lowest BCUT2D eigenvalue weighted by atomic mass is 10.2. The molecule has 146 valence electrons. The molecule has 0 spiro atoms. The predicted octanol–water partition coefficient (Wildman–Crippen LogP) is 4.53. The number of aryl methyl sites for hydroxylation is 1. The number of anilines is 1. The summed E-state index contributed by atoms with van der Waals surface area (Å²) in [6.07, 6.45) is 1.62. The highest BCUT2D eigenvalue weighted by Gasteiger charge is 2.18. The summed E-state index contributed by atoms with van der Waals surface area (Å²) < 4.78 is 13.6. The van der Waals surface area contributed by atoms with E-state index >= 15 is 0 Å². The summed E-state index contributed by atoms with van der Waals surface area (Å²) in [6, 6.07) is 13.4. The van der Waals surface area contributed by atoms with E-state index in [2.05, 4.69) is 30.8 Å². The van der Waals surface area contributed by atoms with Crippen LogP contribution in [-0.2, 0) is 4.74 Å².